The molecule has 39 heavy (non-hydrogen) atoms. The number of anilines is 2. The van der Waals surface area contributed by atoms with Gasteiger partial charge in [0.05, 0.1) is 6.61 Å². The molecule has 0 radical (unpaired) electrons. The molecule has 6 rings (SSSR count). The first-order valence-corrected chi connectivity index (χ1v) is 13.0. The summed E-state index contributed by atoms with van der Waals surface area (Å²) in [6.45, 7) is 3.64. The Morgan fingerprint density at radius 1 is 1.03 bits per heavy atom. The van der Waals surface area contributed by atoms with E-state index in [2.05, 4.69) is 20.2 Å². The standard InChI is InChI=1S/C26H29N7O6/c27-8-1-11-37-22-6-2-16-3-7-23(35)32(25(16)30-22)10-9-31-12-17-13-33(26(36)39-19(17)14-31)20-5-4-18-24(28-20)29-21(34)15-38-18/h2-7,17,19H,1,8-15,27H2,(H,28,29,34)/t17-,19-/m0/s1. The molecule has 3 aliphatic heterocycles. The monoisotopic (exact) mass is 535 g/mol. The maximum Gasteiger partial charge on any atom is 0.415 e. The molecule has 2 saturated heterocycles. The van der Waals surface area contributed by atoms with Crippen molar-refractivity contribution in [1.82, 2.24) is 19.4 Å². The SMILES string of the molecule is NCCCOc1ccc2ccc(=O)n(CCN3C[C@H]4CN(c5ccc6c(n5)NC(=O)CO6)C(=O)O[C@H]4C3)c2n1. The number of aromatic nitrogens is 3. The normalized spacial score (nSPS) is 20.7. The Morgan fingerprint density at radius 3 is 2.77 bits per heavy atom. The van der Waals surface area contributed by atoms with Gasteiger partial charge < -0.3 is 25.3 Å². The number of rotatable bonds is 8. The highest BCUT2D eigenvalue weighted by Gasteiger charge is 2.43. The van der Waals surface area contributed by atoms with Gasteiger partial charge in [-0.25, -0.2) is 9.78 Å². The summed E-state index contributed by atoms with van der Waals surface area (Å²) < 4.78 is 18.5. The summed E-state index contributed by atoms with van der Waals surface area (Å²) in [5.41, 5.74) is 5.97. The summed E-state index contributed by atoms with van der Waals surface area (Å²) in [6, 6.07) is 10.3. The van der Waals surface area contributed by atoms with E-state index in [4.69, 9.17) is 19.9 Å². The van der Waals surface area contributed by atoms with Gasteiger partial charge in [0.2, 0.25) is 5.88 Å². The molecule has 6 heterocycles. The Balaban J connectivity index is 1.13. The number of carbonyl (C=O) groups excluding carboxylic acids is 2. The zero-order chi connectivity index (χ0) is 26.9. The van der Waals surface area contributed by atoms with Crippen LogP contribution in [0.4, 0.5) is 16.4 Å². The molecule has 204 valence electrons. The first kappa shape index (κ1) is 25.1. The molecular weight excluding hydrogens is 506 g/mol. The molecular formula is C26H29N7O6. The van der Waals surface area contributed by atoms with Crippen LogP contribution < -0.4 is 31.0 Å². The van der Waals surface area contributed by atoms with Gasteiger partial charge in [-0.1, -0.05) is 0 Å². The number of nitrogens with one attached hydrogen (secondary N) is 1. The third-order valence-electron chi connectivity index (χ3n) is 7.13. The van der Waals surface area contributed by atoms with E-state index in [1.54, 1.807) is 34.9 Å². The lowest BCUT2D eigenvalue weighted by molar-refractivity contribution is -0.118. The van der Waals surface area contributed by atoms with Crippen LogP contribution in [-0.4, -0.2) is 83.5 Å². The van der Waals surface area contributed by atoms with E-state index in [-0.39, 0.29) is 35.9 Å². The van der Waals surface area contributed by atoms with Gasteiger partial charge in [-0.05, 0) is 37.2 Å². The van der Waals surface area contributed by atoms with Crippen molar-refractivity contribution < 1.29 is 23.8 Å². The number of likely N-dealkylation sites (tertiary alicyclic amines) is 1. The molecule has 13 heteroatoms. The lowest BCUT2D eigenvalue weighted by Crippen LogP contribution is -2.48. The lowest BCUT2D eigenvalue weighted by Gasteiger charge is -2.33. The van der Waals surface area contributed by atoms with Crippen molar-refractivity contribution in [3.05, 3.63) is 46.8 Å². The number of nitrogens with two attached hydrogens (primary N) is 1. The molecule has 13 nitrogen and oxygen atoms in total. The fraction of sp³-hybridized carbons (Fsp3) is 0.423. The number of nitrogens with zero attached hydrogens (tertiary/aromatic N) is 5. The second-order valence-electron chi connectivity index (χ2n) is 9.78. The maximum absolute atomic E-state index is 12.8. The van der Waals surface area contributed by atoms with Gasteiger partial charge >= 0.3 is 6.09 Å². The Morgan fingerprint density at radius 2 is 1.90 bits per heavy atom. The topological polar surface area (TPSA) is 154 Å². The lowest BCUT2D eigenvalue weighted by atomic mass is 10.0. The van der Waals surface area contributed by atoms with Crippen molar-refractivity contribution in [2.45, 2.75) is 19.1 Å². The summed E-state index contributed by atoms with van der Waals surface area (Å²) in [5.74, 6) is 1.36. The summed E-state index contributed by atoms with van der Waals surface area (Å²) in [4.78, 5) is 49.9. The van der Waals surface area contributed by atoms with Crippen LogP contribution in [0, 0.1) is 5.92 Å². The highest BCUT2D eigenvalue weighted by atomic mass is 16.6. The second-order valence-corrected chi connectivity index (χ2v) is 9.78. The fourth-order valence-electron chi connectivity index (χ4n) is 5.15. The third-order valence-corrected chi connectivity index (χ3v) is 7.13. The number of amides is 2. The Bertz CT molecular complexity index is 1480. The van der Waals surface area contributed by atoms with Crippen LogP contribution in [0.15, 0.2) is 41.2 Å². The van der Waals surface area contributed by atoms with Gasteiger partial charge in [-0.15, -0.1) is 0 Å². The first-order chi connectivity index (χ1) is 19.0. The van der Waals surface area contributed by atoms with Crippen LogP contribution in [0.1, 0.15) is 6.42 Å². The summed E-state index contributed by atoms with van der Waals surface area (Å²) >= 11 is 0. The van der Waals surface area contributed by atoms with Crippen molar-refractivity contribution in [3.8, 4) is 11.6 Å². The molecule has 2 fully saturated rings. The van der Waals surface area contributed by atoms with Crippen molar-refractivity contribution >= 4 is 34.7 Å². The zero-order valence-electron chi connectivity index (χ0n) is 21.2. The minimum atomic E-state index is -0.481. The molecule has 3 aliphatic rings. The summed E-state index contributed by atoms with van der Waals surface area (Å²) in [6.07, 6.45) is -0.0155. The van der Waals surface area contributed by atoms with Crippen LogP contribution in [0.2, 0.25) is 0 Å². The molecule has 2 atom stereocenters. The predicted octanol–water partition coefficient (Wildman–Crippen LogP) is 0.807. The fourth-order valence-corrected chi connectivity index (χ4v) is 5.15. The smallest absolute Gasteiger partial charge is 0.415 e. The van der Waals surface area contributed by atoms with E-state index < -0.39 is 6.09 Å². The number of hydrogen-bond acceptors (Lipinski definition) is 10. The van der Waals surface area contributed by atoms with E-state index >= 15 is 0 Å². The molecule has 2 amide bonds. The number of pyridine rings is 3. The van der Waals surface area contributed by atoms with E-state index in [9.17, 15) is 14.4 Å². The number of ether oxygens (including phenoxy) is 3. The van der Waals surface area contributed by atoms with Crippen molar-refractivity contribution in [2.75, 3.05) is 56.2 Å². The van der Waals surface area contributed by atoms with E-state index in [1.165, 1.54) is 4.90 Å². The molecule has 3 aromatic rings. The summed E-state index contributed by atoms with van der Waals surface area (Å²) in [7, 11) is 0. The van der Waals surface area contributed by atoms with Crippen LogP contribution >= 0.6 is 0 Å². The van der Waals surface area contributed by atoms with Crippen molar-refractivity contribution in [2.24, 2.45) is 11.7 Å². The van der Waals surface area contributed by atoms with E-state index in [0.717, 1.165) is 5.39 Å². The molecule has 0 saturated carbocycles. The molecule has 0 aromatic carbocycles. The van der Waals surface area contributed by atoms with Gasteiger partial charge in [-0.3, -0.25) is 24.0 Å². The predicted molar refractivity (Wildman–Crippen MR) is 141 cm³/mol. The number of fused-ring (bicyclic) bond motifs is 3. The third kappa shape index (κ3) is 5.10. The van der Waals surface area contributed by atoms with Gasteiger partial charge in [0.25, 0.3) is 11.5 Å². The van der Waals surface area contributed by atoms with Gasteiger partial charge in [0.1, 0.15) is 17.6 Å². The Hall–Kier alpha value is -4.23. The second kappa shape index (κ2) is 10.5. The minimum absolute atomic E-state index is 0.0654. The van der Waals surface area contributed by atoms with Gasteiger partial charge in [0.15, 0.2) is 18.2 Å². The quantitative estimate of drug-likeness (QED) is 0.396. The Kier molecular flexibility index (Phi) is 6.75. The van der Waals surface area contributed by atoms with Crippen LogP contribution in [0.5, 0.6) is 11.6 Å². The largest absolute Gasteiger partial charge is 0.480 e. The van der Waals surface area contributed by atoms with Crippen molar-refractivity contribution in [1.29, 1.82) is 0 Å². The number of carbonyl (C=O) groups is 2. The molecule has 0 aliphatic carbocycles. The van der Waals surface area contributed by atoms with Gasteiger partial charge in [0, 0.05) is 56.2 Å². The van der Waals surface area contributed by atoms with Gasteiger partial charge in [-0.2, -0.15) is 4.98 Å². The average Bonchev–Trinajstić information content (AvgIpc) is 3.33. The van der Waals surface area contributed by atoms with Crippen LogP contribution in [0.3, 0.4) is 0 Å². The number of hydrogen-bond donors (Lipinski definition) is 2. The molecule has 3 N–H and O–H groups in total. The van der Waals surface area contributed by atoms with E-state index in [1.807, 2.05) is 6.07 Å². The van der Waals surface area contributed by atoms with Crippen molar-refractivity contribution in [3.63, 3.8) is 0 Å². The highest BCUT2D eigenvalue weighted by Crippen LogP contribution is 2.32. The minimum Gasteiger partial charge on any atom is -0.480 e. The Labute approximate surface area is 223 Å². The molecule has 3 aromatic heterocycles. The average molecular weight is 536 g/mol. The first-order valence-electron chi connectivity index (χ1n) is 13.0. The molecule has 0 unspecified atom stereocenters. The van der Waals surface area contributed by atoms with Crippen LogP contribution in [0.25, 0.3) is 11.0 Å². The highest BCUT2D eigenvalue weighted by molar-refractivity contribution is 5.95. The van der Waals surface area contributed by atoms with Crippen LogP contribution in [-0.2, 0) is 16.1 Å². The zero-order valence-corrected chi connectivity index (χ0v) is 21.2. The molecule has 0 bridgehead atoms. The van der Waals surface area contributed by atoms with E-state index in [0.29, 0.717) is 75.4 Å². The molecule has 0 spiro atoms. The summed E-state index contributed by atoms with van der Waals surface area (Å²) in [5, 5.41) is 3.51. The maximum atomic E-state index is 12.8.